The minimum Gasteiger partial charge on any atom is -0.468 e. The average molecular weight is 697 g/mol. The number of pyridine rings is 1. The molecule has 1 aromatic carbocycles. The Morgan fingerprint density at radius 2 is 1.80 bits per heavy atom. The number of likely N-dealkylation sites (N-methyl/N-ethyl adjacent to an activating group) is 1. The van der Waals surface area contributed by atoms with E-state index in [1.54, 1.807) is 39.7 Å². The van der Waals surface area contributed by atoms with Crippen molar-refractivity contribution in [1.29, 1.82) is 0 Å². The van der Waals surface area contributed by atoms with E-state index in [4.69, 9.17) is 28.9 Å². The molecule has 0 bridgehead atoms. The van der Waals surface area contributed by atoms with Crippen molar-refractivity contribution in [2.45, 2.75) is 71.1 Å². The fourth-order valence-corrected chi connectivity index (χ4v) is 5.39. The Balaban J connectivity index is 0.000000715. The van der Waals surface area contributed by atoms with E-state index in [0.29, 0.717) is 50.0 Å². The van der Waals surface area contributed by atoms with Crippen molar-refractivity contribution in [1.82, 2.24) is 34.7 Å². The van der Waals surface area contributed by atoms with Crippen LogP contribution >= 0.6 is 0 Å². The standard InChI is InChI=1S/C27H38N8O5.C8H10O.H2O.H2/c1-16-31-20-9-10-28-22(19-8-11-29-25(33-19)32-17-12-21(30-13-17)24(36)39-7)23(20)35(16)15-18(38-6)14-34(5)26(37)40-27(2,3)4;1-9-7-8-5-3-2-4-6-8;;/h8-11,17-18,21,30H,12-15H2,1-7H3,(H,29,32,33);2-6H,7H2,1H3;1H2;1H/t17-,18-,21-;;;/m0.../s1. The number of benzene rings is 1. The Kier molecular flexibility index (Phi) is 14.6. The van der Waals surface area contributed by atoms with Gasteiger partial charge in [-0.05, 0) is 51.8 Å². The number of imidazole rings is 1. The van der Waals surface area contributed by atoms with Crippen LogP contribution in [0.15, 0.2) is 54.9 Å². The average Bonchev–Trinajstić information content (AvgIpc) is 3.67. The second-order valence-corrected chi connectivity index (χ2v) is 12.8. The van der Waals surface area contributed by atoms with E-state index < -0.39 is 11.7 Å². The number of esters is 1. The van der Waals surface area contributed by atoms with Crippen molar-refractivity contribution in [2.24, 2.45) is 0 Å². The van der Waals surface area contributed by atoms with Crippen molar-refractivity contribution in [2.75, 3.05) is 46.8 Å². The number of nitrogens with zero attached hydrogens (tertiary/aromatic N) is 6. The molecule has 1 fully saturated rings. The molecule has 3 atom stereocenters. The molecular formula is C35H52N8O7. The van der Waals surface area contributed by atoms with E-state index in [-0.39, 0.29) is 31.1 Å². The summed E-state index contributed by atoms with van der Waals surface area (Å²) in [7, 11) is 6.39. The van der Waals surface area contributed by atoms with Gasteiger partial charge in [0.15, 0.2) is 0 Å². The number of fused-ring (bicyclic) bond motifs is 1. The Bertz CT molecular complexity index is 1690. The molecular weight excluding hydrogens is 644 g/mol. The number of aromatic nitrogens is 5. The smallest absolute Gasteiger partial charge is 0.410 e. The second kappa shape index (κ2) is 18.3. The Labute approximate surface area is 294 Å². The highest BCUT2D eigenvalue weighted by Gasteiger charge is 2.30. The number of amides is 1. The summed E-state index contributed by atoms with van der Waals surface area (Å²) >= 11 is 0. The largest absolute Gasteiger partial charge is 0.468 e. The molecule has 0 aliphatic carbocycles. The fraction of sp³-hybridized carbons (Fsp3) is 0.486. The number of ether oxygens (including phenoxy) is 4. The number of hydrogen-bond acceptors (Lipinski definition) is 12. The summed E-state index contributed by atoms with van der Waals surface area (Å²) < 4.78 is 23.0. The van der Waals surface area contributed by atoms with Gasteiger partial charge in [-0.1, -0.05) is 30.3 Å². The summed E-state index contributed by atoms with van der Waals surface area (Å²) in [5, 5.41) is 6.46. The van der Waals surface area contributed by atoms with Gasteiger partial charge < -0.3 is 44.5 Å². The summed E-state index contributed by atoms with van der Waals surface area (Å²) in [5.41, 5.74) is 3.48. The number of rotatable bonds is 11. The van der Waals surface area contributed by atoms with Crippen LogP contribution in [0.1, 0.15) is 40.0 Å². The summed E-state index contributed by atoms with van der Waals surface area (Å²) in [6, 6.07) is 13.4. The highest BCUT2D eigenvalue weighted by molar-refractivity contribution is 5.89. The molecule has 4 heterocycles. The Morgan fingerprint density at radius 3 is 2.46 bits per heavy atom. The molecule has 1 aliphatic rings. The lowest BCUT2D eigenvalue weighted by molar-refractivity contribution is -0.142. The molecule has 50 heavy (non-hydrogen) atoms. The molecule has 4 N–H and O–H groups in total. The van der Waals surface area contributed by atoms with E-state index in [0.717, 1.165) is 16.9 Å². The molecule has 1 aliphatic heterocycles. The van der Waals surface area contributed by atoms with Crippen LogP contribution in [-0.2, 0) is 36.9 Å². The molecule has 4 aromatic rings. The van der Waals surface area contributed by atoms with Gasteiger partial charge in [-0.25, -0.2) is 19.7 Å². The lowest BCUT2D eigenvalue weighted by atomic mass is 10.2. The van der Waals surface area contributed by atoms with E-state index in [2.05, 4.69) is 20.6 Å². The highest BCUT2D eigenvalue weighted by atomic mass is 16.6. The van der Waals surface area contributed by atoms with Crippen LogP contribution in [0.3, 0.4) is 0 Å². The van der Waals surface area contributed by atoms with Gasteiger partial charge in [0.25, 0.3) is 0 Å². The van der Waals surface area contributed by atoms with Gasteiger partial charge >= 0.3 is 12.1 Å². The third-order valence-electron chi connectivity index (χ3n) is 7.75. The van der Waals surface area contributed by atoms with Gasteiger partial charge in [-0.3, -0.25) is 9.78 Å². The number of carbonyl (C=O) groups is 2. The molecule has 0 saturated carbocycles. The third kappa shape index (κ3) is 10.9. The van der Waals surface area contributed by atoms with Gasteiger partial charge in [0, 0.05) is 47.7 Å². The first-order chi connectivity index (χ1) is 23.4. The van der Waals surface area contributed by atoms with Gasteiger partial charge in [-0.15, -0.1) is 0 Å². The zero-order valence-corrected chi connectivity index (χ0v) is 30.1. The maximum absolute atomic E-state index is 12.5. The third-order valence-corrected chi connectivity index (χ3v) is 7.75. The summed E-state index contributed by atoms with van der Waals surface area (Å²) in [6.45, 7) is 9.47. The van der Waals surface area contributed by atoms with E-state index in [9.17, 15) is 9.59 Å². The molecule has 1 amide bonds. The summed E-state index contributed by atoms with van der Waals surface area (Å²) in [5.74, 6) is 0.930. The fourth-order valence-electron chi connectivity index (χ4n) is 5.39. The van der Waals surface area contributed by atoms with Crippen LogP contribution in [0.25, 0.3) is 22.4 Å². The number of methoxy groups -OCH3 is 3. The molecule has 1 saturated heterocycles. The van der Waals surface area contributed by atoms with Crippen molar-refractivity contribution >= 4 is 29.0 Å². The van der Waals surface area contributed by atoms with Crippen LogP contribution < -0.4 is 10.6 Å². The van der Waals surface area contributed by atoms with E-state index in [1.807, 2.05) is 68.7 Å². The number of hydrogen-bond donors (Lipinski definition) is 2. The van der Waals surface area contributed by atoms with E-state index >= 15 is 0 Å². The summed E-state index contributed by atoms with van der Waals surface area (Å²) in [4.78, 5) is 44.4. The van der Waals surface area contributed by atoms with Crippen LogP contribution in [0.4, 0.5) is 10.7 Å². The van der Waals surface area contributed by atoms with Crippen LogP contribution in [0.5, 0.6) is 0 Å². The van der Waals surface area contributed by atoms with Crippen molar-refractivity contribution < 1.29 is 35.4 Å². The lowest BCUT2D eigenvalue weighted by Crippen LogP contribution is -2.40. The minimum atomic E-state index is -0.589. The number of nitrogens with one attached hydrogen (secondary N) is 2. The molecule has 0 unspecified atom stereocenters. The molecule has 5 rings (SSSR count). The zero-order valence-electron chi connectivity index (χ0n) is 30.1. The predicted octanol–water partition coefficient (Wildman–Crippen LogP) is 3.65. The normalized spacial score (nSPS) is 16.1. The van der Waals surface area contributed by atoms with Crippen LogP contribution in [-0.4, -0.2) is 112 Å². The number of carbonyl (C=O) groups excluding carboxylic acids is 2. The van der Waals surface area contributed by atoms with Crippen LogP contribution in [0.2, 0.25) is 0 Å². The molecule has 0 spiro atoms. The van der Waals surface area contributed by atoms with Crippen molar-refractivity contribution in [3.63, 3.8) is 0 Å². The number of aryl methyl sites for hydroxylation is 1. The molecule has 15 nitrogen and oxygen atoms in total. The van der Waals surface area contributed by atoms with Gasteiger partial charge in [-0.2, -0.15) is 0 Å². The molecule has 274 valence electrons. The predicted molar refractivity (Wildman–Crippen MR) is 192 cm³/mol. The minimum absolute atomic E-state index is 0. The number of anilines is 1. The first-order valence-electron chi connectivity index (χ1n) is 16.1. The van der Waals surface area contributed by atoms with Crippen molar-refractivity contribution in [3.05, 3.63) is 66.2 Å². The highest BCUT2D eigenvalue weighted by Crippen LogP contribution is 2.27. The first-order valence-corrected chi connectivity index (χ1v) is 16.1. The maximum Gasteiger partial charge on any atom is 0.410 e. The SMILES string of the molecule is COC(=O)[C@@H]1C[C@H](Nc2nccc(-c3nccc4nc(C)n(C[C@H](CN(C)C(=O)OC(C)(C)C)OC)c34)n2)CN1.COCc1ccccc1.O.[HH]. The Hall–Kier alpha value is -4.70. The second-order valence-electron chi connectivity index (χ2n) is 12.8. The van der Waals surface area contributed by atoms with Crippen LogP contribution in [0, 0.1) is 6.92 Å². The topological polar surface area (TPSA) is 186 Å². The molecule has 0 radical (unpaired) electrons. The van der Waals surface area contributed by atoms with E-state index in [1.165, 1.54) is 17.6 Å². The molecule has 15 heteroatoms. The summed E-state index contributed by atoms with van der Waals surface area (Å²) in [6.07, 6.45) is 3.20. The van der Waals surface area contributed by atoms with Gasteiger partial charge in [0.05, 0.1) is 49.6 Å². The monoisotopic (exact) mass is 696 g/mol. The van der Waals surface area contributed by atoms with Gasteiger partial charge in [0.2, 0.25) is 5.95 Å². The van der Waals surface area contributed by atoms with Gasteiger partial charge in [0.1, 0.15) is 23.2 Å². The molecule has 3 aromatic heterocycles. The van der Waals surface area contributed by atoms with Crippen molar-refractivity contribution in [3.8, 4) is 11.4 Å². The first kappa shape index (κ1) is 39.7. The Morgan fingerprint density at radius 1 is 1.08 bits per heavy atom. The quantitative estimate of drug-likeness (QED) is 0.217. The zero-order chi connectivity index (χ0) is 35.6. The maximum atomic E-state index is 12.5. The lowest BCUT2D eigenvalue weighted by Gasteiger charge is -2.27.